The van der Waals surface area contributed by atoms with Gasteiger partial charge in [0.05, 0.1) is 11.3 Å². The molecule has 9 heteroatoms. The molecule has 1 aromatic carbocycles. The second-order valence-corrected chi connectivity index (χ2v) is 9.59. The molecule has 1 unspecified atom stereocenters. The van der Waals surface area contributed by atoms with Crippen molar-refractivity contribution < 1.29 is 18.3 Å². The third kappa shape index (κ3) is 3.87. The number of aromatic hydroxyl groups is 1. The number of rotatable bonds is 4. The monoisotopic (exact) mass is 388 g/mol. The Labute approximate surface area is 149 Å². The fraction of sp³-hybridized carbons (Fsp3) is 0.467. The van der Waals surface area contributed by atoms with Crippen LogP contribution in [-0.4, -0.2) is 41.5 Å². The van der Waals surface area contributed by atoms with Crippen LogP contribution in [0.15, 0.2) is 23.2 Å². The van der Waals surface area contributed by atoms with Crippen LogP contribution in [0.25, 0.3) is 0 Å². The number of aliphatic imine (C=N–C) groups is 1. The predicted octanol–water partition coefficient (Wildman–Crippen LogP) is 2.42. The van der Waals surface area contributed by atoms with E-state index in [1.807, 2.05) is 0 Å². The van der Waals surface area contributed by atoms with Crippen LogP contribution < -0.4 is 5.32 Å². The number of nitrogens with zero attached hydrogens (tertiary/aromatic N) is 1. The molecule has 1 aromatic rings. The molecule has 0 spiro atoms. The van der Waals surface area contributed by atoms with Crippen LogP contribution >= 0.6 is 23.4 Å². The molecule has 3 rings (SSSR count). The standard InChI is InChI=1S/C15H17ClN2O4S2/c16-10-4-5-12(19)11(6-10)14(20)18-15-17-13(7-23-15)24(21,22)8-9-2-1-3-9/h4-6,9,13,19H,1-3,7-8H2,(H,17,18,20). The Morgan fingerprint density at radius 1 is 1.42 bits per heavy atom. The van der Waals surface area contributed by atoms with E-state index in [0.717, 1.165) is 19.3 Å². The Morgan fingerprint density at radius 2 is 2.17 bits per heavy atom. The van der Waals surface area contributed by atoms with Gasteiger partial charge in [-0.05, 0) is 37.0 Å². The van der Waals surface area contributed by atoms with Crippen molar-refractivity contribution in [1.29, 1.82) is 0 Å². The van der Waals surface area contributed by atoms with E-state index in [-0.39, 0.29) is 28.2 Å². The van der Waals surface area contributed by atoms with E-state index < -0.39 is 21.1 Å². The molecule has 2 N–H and O–H groups in total. The van der Waals surface area contributed by atoms with Crippen LogP contribution in [0.4, 0.5) is 0 Å². The Morgan fingerprint density at radius 3 is 2.83 bits per heavy atom. The third-order valence-electron chi connectivity index (χ3n) is 4.15. The van der Waals surface area contributed by atoms with Crippen molar-refractivity contribution >= 4 is 44.3 Å². The van der Waals surface area contributed by atoms with E-state index in [2.05, 4.69) is 10.3 Å². The van der Waals surface area contributed by atoms with Gasteiger partial charge in [0.15, 0.2) is 20.4 Å². The lowest BCUT2D eigenvalue weighted by molar-refractivity contribution is 0.0975. The number of phenolic OH excluding ortho intramolecular Hbond substituents is 1. The summed E-state index contributed by atoms with van der Waals surface area (Å²) >= 11 is 7.01. The molecule has 1 aliphatic carbocycles. The lowest BCUT2D eigenvalue weighted by Gasteiger charge is -2.25. The van der Waals surface area contributed by atoms with Gasteiger partial charge in [0.1, 0.15) is 5.75 Å². The van der Waals surface area contributed by atoms with Crippen LogP contribution in [0.1, 0.15) is 29.6 Å². The molecule has 2 aliphatic rings. The van der Waals surface area contributed by atoms with Gasteiger partial charge in [0.25, 0.3) is 5.91 Å². The molecular weight excluding hydrogens is 372 g/mol. The summed E-state index contributed by atoms with van der Waals surface area (Å²) in [5.41, 5.74) is 0.0200. The highest BCUT2D eigenvalue weighted by Crippen LogP contribution is 2.31. The van der Waals surface area contributed by atoms with E-state index >= 15 is 0 Å². The van der Waals surface area contributed by atoms with E-state index in [9.17, 15) is 18.3 Å². The predicted molar refractivity (Wildman–Crippen MR) is 95.4 cm³/mol. The first-order valence-electron chi connectivity index (χ1n) is 7.57. The van der Waals surface area contributed by atoms with E-state index in [1.54, 1.807) is 0 Å². The lowest BCUT2D eigenvalue weighted by Crippen LogP contribution is -2.30. The molecular formula is C15H17ClN2O4S2. The minimum atomic E-state index is -3.30. The zero-order chi connectivity index (χ0) is 17.3. The smallest absolute Gasteiger partial charge is 0.261 e. The second kappa shape index (κ2) is 6.93. The van der Waals surface area contributed by atoms with Crippen molar-refractivity contribution in [1.82, 2.24) is 5.32 Å². The average Bonchev–Trinajstić information content (AvgIpc) is 2.95. The number of benzene rings is 1. The first-order chi connectivity index (χ1) is 11.3. The summed E-state index contributed by atoms with van der Waals surface area (Å²) in [4.78, 5) is 16.3. The second-order valence-electron chi connectivity index (χ2n) is 5.94. The quantitative estimate of drug-likeness (QED) is 0.825. The Hall–Kier alpha value is -1.25. The summed E-state index contributed by atoms with van der Waals surface area (Å²) in [6, 6.07) is 4.14. The van der Waals surface area contributed by atoms with Crippen molar-refractivity contribution in [3.63, 3.8) is 0 Å². The molecule has 0 bridgehead atoms. The SMILES string of the molecule is O=C(NC1=NC(S(=O)(=O)CC2CCC2)CS1)c1cc(Cl)ccc1O. The first kappa shape index (κ1) is 17.6. The zero-order valence-electron chi connectivity index (χ0n) is 12.7. The number of thioether (sulfide) groups is 1. The van der Waals surface area contributed by atoms with Crippen LogP contribution in [0.2, 0.25) is 5.02 Å². The number of nitrogens with one attached hydrogen (secondary N) is 1. The fourth-order valence-electron chi connectivity index (χ4n) is 2.56. The van der Waals surface area contributed by atoms with Crippen LogP contribution in [0, 0.1) is 5.92 Å². The number of hydrogen-bond donors (Lipinski definition) is 2. The summed E-state index contributed by atoms with van der Waals surface area (Å²) in [5.74, 6) is -0.0604. The number of amides is 1. The van der Waals surface area contributed by atoms with Gasteiger partial charge >= 0.3 is 0 Å². The average molecular weight is 389 g/mol. The van der Waals surface area contributed by atoms with Crippen LogP contribution in [0.3, 0.4) is 0 Å². The molecule has 1 fully saturated rings. The Kier molecular flexibility index (Phi) is 5.08. The topological polar surface area (TPSA) is 95.8 Å². The number of sulfone groups is 1. The maximum atomic E-state index is 12.3. The van der Waals surface area contributed by atoms with Gasteiger partial charge in [-0.1, -0.05) is 29.8 Å². The van der Waals surface area contributed by atoms with Gasteiger partial charge in [0.2, 0.25) is 0 Å². The molecule has 1 atom stereocenters. The number of amidine groups is 1. The van der Waals surface area contributed by atoms with E-state index in [0.29, 0.717) is 10.8 Å². The van der Waals surface area contributed by atoms with Crippen molar-refractivity contribution in [2.45, 2.75) is 24.6 Å². The van der Waals surface area contributed by atoms with Gasteiger partial charge in [-0.3, -0.25) is 4.79 Å². The molecule has 0 saturated heterocycles. The van der Waals surface area contributed by atoms with Gasteiger partial charge in [-0.25, -0.2) is 13.4 Å². The molecule has 1 heterocycles. The molecule has 1 saturated carbocycles. The molecule has 0 radical (unpaired) electrons. The Bertz CT molecular complexity index is 791. The van der Waals surface area contributed by atoms with E-state index in [1.165, 1.54) is 30.0 Å². The Balaban J connectivity index is 1.67. The van der Waals surface area contributed by atoms with Crippen molar-refractivity contribution in [3.8, 4) is 5.75 Å². The normalized spacial score (nSPS) is 21.2. The highest BCUT2D eigenvalue weighted by molar-refractivity contribution is 8.14. The number of hydrogen-bond acceptors (Lipinski definition) is 6. The third-order valence-corrected chi connectivity index (χ3v) is 7.60. The number of halogens is 1. The van der Waals surface area contributed by atoms with E-state index in [4.69, 9.17) is 11.6 Å². The molecule has 0 aromatic heterocycles. The summed E-state index contributed by atoms with van der Waals surface area (Å²) in [6.45, 7) is 0. The molecule has 24 heavy (non-hydrogen) atoms. The molecule has 6 nitrogen and oxygen atoms in total. The lowest BCUT2D eigenvalue weighted by atomic mass is 9.87. The number of phenols is 1. The summed E-state index contributed by atoms with van der Waals surface area (Å²) in [7, 11) is -3.30. The van der Waals surface area contributed by atoms with Crippen molar-refractivity contribution in [2.24, 2.45) is 10.9 Å². The maximum Gasteiger partial charge on any atom is 0.261 e. The highest BCUT2D eigenvalue weighted by atomic mass is 35.5. The summed E-state index contributed by atoms with van der Waals surface area (Å²) in [5, 5.41) is 12.0. The minimum absolute atomic E-state index is 0.0200. The van der Waals surface area contributed by atoms with Gasteiger partial charge in [-0.15, -0.1) is 0 Å². The molecule has 1 aliphatic heterocycles. The maximum absolute atomic E-state index is 12.3. The van der Waals surface area contributed by atoms with Crippen LogP contribution in [-0.2, 0) is 9.84 Å². The number of carbonyl (C=O) groups is 1. The largest absolute Gasteiger partial charge is 0.507 e. The minimum Gasteiger partial charge on any atom is -0.507 e. The fourth-order valence-corrected chi connectivity index (χ4v) is 6.05. The summed E-state index contributed by atoms with van der Waals surface area (Å²) < 4.78 is 24.7. The van der Waals surface area contributed by atoms with Gasteiger partial charge in [0, 0.05) is 10.8 Å². The molecule has 1 amide bonds. The molecule has 130 valence electrons. The van der Waals surface area contributed by atoms with Crippen LogP contribution in [0.5, 0.6) is 5.75 Å². The number of carbonyl (C=O) groups excluding carboxylic acids is 1. The van der Waals surface area contributed by atoms with Crippen molar-refractivity contribution in [2.75, 3.05) is 11.5 Å². The highest BCUT2D eigenvalue weighted by Gasteiger charge is 2.34. The first-order valence-corrected chi connectivity index (χ1v) is 10.6. The summed E-state index contributed by atoms with van der Waals surface area (Å²) in [6.07, 6.45) is 3.01. The van der Waals surface area contributed by atoms with Gasteiger partial charge < -0.3 is 10.4 Å². The zero-order valence-corrected chi connectivity index (χ0v) is 15.1. The van der Waals surface area contributed by atoms with Gasteiger partial charge in [-0.2, -0.15) is 0 Å². The van der Waals surface area contributed by atoms with Crippen molar-refractivity contribution in [3.05, 3.63) is 28.8 Å².